The first-order valence-electron chi connectivity index (χ1n) is 8.57. The minimum absolute atomic E-state index is 0.00794. The molecule has 1 aliphatic carbocycles. The lowest BCUT2D eigenvalue weighted by atomic mass is 9.81. The minimum Gasteiger partial charge on any atom is -0.379 e. The Kier molecular flexibility index (Phi) is 5.32. The van der Waals surface area contributed by atoms with Gasteiger partial charge >= 0.3 is 6.18 Å². The van der Waals surface area contributed by atoms with E-state index in [1.54, 1.807) is 0 Å². The molecule has 1 amide bonds. The Morgan fingerprint density at radius 1 is 1.15 bits per heavy atom. The highest BCUT2D eigenvalue weighted by Crippen LogP contribution is 2.37. The number of carbonyl (C=O) groups is 1. The normalized spacial score (nSPS) is 18.1. The summed E-state index contributed by atoms with van der Waals surface area (Å²) in [4.78, 5) is 12.4. The molecular formula is C20H20F3NO2. The van der Waals surface area contributed by atoms with Gasteiger partial charge in [0.25, 0.3) is 0 Å². The van der Waals surface area contributed by atoms with Gasteiger partial charge in [-0.1, -0.05) is 42.5 Å². The number of alkyl halides is 3. The number of carbonyl (C=O) groups excluding carboxylic acids is 1. The number of fused-ring (bicyclic) bond motifs is 1. The van der Waals surface area contributed by atoms with Crippen molar-refractivity contribution in [1.82, 2.24) is 0 Å². The lowest BCUT2D eigenvalue weighted by Crippen LogP contribution is -2.23. The molecule has 6 heteroatoms. The van der Waals surface area contributed by atoms with Crippen LogP contribution in [0.15, 0.2) is 48.5 Å². The lowest BCUT2D eigenvalue weighted by molar-refractivity contribution is -0.206. The molecule has 2 aromatic rings. The molecule has 0 aliphatic heterocycles. The Balaban J connectivity index is 1.74. The fourth-order valence-electron chi connectivity index (χ4n) is 3.52. The third kappa shape index (κ3) is 4.07. The second kappa shape index (κ2) is 7.50. The van der Waals surface area contributed by atoms with Crippen LogP contribution >= 0.6 is 0 Å². The van der Waals surface area contributed by atoms with Crippen molar-refractivity contribution >= 4 is 11.6 Å². The van der Waals surface area contributed by atoms with E-state index in [4.69, 9.17) is 0 Å². The third-order valence-corrected chi connectivity index (χ3v) is 4.76. The van der Waals surface area contributed by atoms with E-state index in [1.807, 2.05) is 24.3 Å². The number of anilines is 1. The topological polar surface area (TPSA) is 49.3 Å². The summed E-state index contributed by atoms with van der Waals surface area (Å²) in [6, 6.07) is 13.4. The summed E-state index contributed by atoms with van der Waals surface area (Å²) in [5, 5.41) is 12.1. The monoisotopic (exact) mass is 363 g/mol. The van der Waals surface area contributed by atoms with Gasteiger partial charge < -0.3 is 10.4 Å². The largest absolute Gasteiger partial charge is 0.418 e. The zero-order valence-electron chi connectivity index (χ0n) is 14.1. The number of aliphatic hydroxyl groups is 1. The molecule has 0 saturated carbocycles. The van der Waals surface area contributed by atoms with Crippen molar-refractivity contribution in [2.45, 2.75) is 43.9 Å². The van der Waals surface area contributed by atoms with Crippen LogP contribution in [0.4, 0.5) is 18.9 Å². The summed E-state index contributed by atoms with van der Waals surface area (Å²) in [5.74, 6) is -0.298. The number of aryl methyl sites for hydroxylation is 1. The predicted molar refractivity (Wildman–Crippen MR) is 92.8 cm³/mol. The predicted octanol–water partition coefficient (Wildman–Crippen LogP) is 4.73. The number of aliphatic hydroxyl groups excluding tert-OH is 1. The standard InChI is InChI=1S/C20H20F3NO2/c21-20(22,23)19(26)16-10-3-4-11-17(16)24-18(25)12-14-8-5-7-13-6-1-2-9-15(13)14/h1-4,6,9-11,14,19,26H,5,7-8,12H2,(H,24,25). The molecule has 3 rings (SSSR count). The van der Waals surface area contributed by atoms with Gasteiger partial charge in [0, 0.05) is 17.7 Å². The number of nitrogens with one attached hydrogen (secondary N) is 1. The van der Waals surface area contributed by atoms with Crippen LogP contribution in [0.2, 0.25) is 0 Å². The van der Waals surface area contributed by atoms with E-state index in [-0.39, 0.29) is 29.5 Å². The number of para-hydroxylation sites is 1. The zero-order chi connectivity index (χ0) is 18.7. The van der Waals surface area contributed by atoms with Gasteiger partial charge in [-0.25, -0.2) is 0 Å². The molecule has 0 heterocycles. The SMILES string of the molecule is O=C(CC1CCCc2ccccc21)Nc1ccccc1C(O)C(F)(F)F. The van der Waals surface area contributed by atoms with Gasteiger partial charge in [0.05, 0.1) is 0 Å². The van der Waals surface area contributed by atoms with Gasteiger partial charge in [0.15, 0.2) is 6.10 Å². The van der Waals surface area contributed by atoms with Crippen LogP contribution in [0.5, 0.6) is 0 Å². The highest BCUT2D eigenvalue weighted by atomic mass is 19.4. The van der Waals surface area contributed by atoms with Crippen molar-refractivity contribution < 1.29 is 23.1 Å². The zero-order valence-corrected chi connectivity index (χ0v) is 14.1. The molecule has 2 N–H and O–H groups in total. The highest BCUT2D eigenvalue weighted by Gasteiger charge is 2.40. The van der Waals surface area contributed by atoms with Gasteiger partial charge in [-0.3, -0.25) is 4.79 Å². The summed E-state index contributed by atoms with van der Waals surface area (Å²) in [6.07, 6.45) is -4.38. The molecule has 138 valence electrons. The summed E-state index contributed by atoms with van der Waals surface area (Å²) < 4.78 is 38.5. The Morgan fingerprint density at radius 2 is 1.85 bits per heavy atom. The quantitative estimate of drug-likeness (QED) is 0.825. The fraction of sp³-hybridized carbons (Fsp3) is 0.350. The first kappa shape index (κ1) is 18.5. The number of hydrogen-bond donors (Lipinski definition) is 2. The second-order valence-electron chi connectivity index (χ2n) is 6.57. The maximum Gasteiger partial charge on any atom is 0.418 e. The Hall–Kier alpha value is -2.34. The number of benzene rings is 2. The number of amides is 1. The number of hydrogen-bond acceptors (Lipinski definition) is 2. The lowest BCUT2D eigenvalue weighted by Gasteiger charge is -2.25. The van der Waals surface area contributed by atoms with Gasteiger partial charge in [-0.15, -0.1) is 0 Å². The third-order valence-electron chi connectivity index (χ3n) is 4.76. The van der Waals surface area contributed by atoms with Crippen molar-refractivity contribution in [2.75, 3.05) is 5.32 Å². The summed E-state index contributed by atoms with van der Waals surface area (Å²) in [5.41, 5.74) is 2.01. The fourth-order valence-corrected chi connectivity index (χ4v) is 3.52. The maximum atomic E-state index is 12.8. The smallest absolute Gasteiger partial charge is 0.379 e. The summed E-state index contributed by atoms with van der Waals surface area (Å²) in [7, 11) is 0. The average molecular weight is 363 g/mol. The molecule has 0 radical (unpaired) electrons. The first-order valence-corrected chi connectivity index (χ1v) is 8.57. The average Bonchev–Trinajstić information content (AvgIpc) is 2.61. The van der Waals surface area contributed by atoms with Gasteiger partial charge in [-0.05, 0) is 42.4 Å². The highest BCUT2D eigenvalue weighted by molar-refractivity contribution is 5.92. The molecule has 0 bridgehead atoms. The van der Waals surface area contributed by atoms with Crippen LogP contribution in [0.25, 0.3) is 0 Å². The molecular weight excluding hydrogens is 343 g/mol. The molecule has 2 atom stereocenters. The first-order chi connectivity index (χ1) is 12.4. The van der Waals surface area contributed by atoms with Crippen LogP contribution in [0, 0.1) is 0 Å². The molecule has 2 unspecified atom stereocenters. The molecule has 0 saturated heterocycles. The number of rotatable bonds is 4. The molecule has 26 heavy (non-hydrogen) atoms. The molecule has 0 fully saturated rings. The van der Waals surface area contributed by atoms with E-state index in [2.05, 4.69) is 5.32 Å². The van der Waals surface area contributed by atoms with Gasteiger partial charge in [0.1, 0.15) is 0 Å². The van der Waals surface area contributed by atoms with Crippen LogP contribution in [0.3, 0.4) is 0 Å². The van der Waals surface area contributed by atoms with Crippen molar-refractivity contribution in [1.29, 1.82) is 0 Å². The van der Waals surface area contributed by atoms with Crippen LogP contribution < -0.4 is 5.32 Å². The summed E-state index contributed by atoms with van der Waals surface area (Å²) in [6.45, 7) is 0. The number of halogens is 3. The molecule has 2 aromatic carbocycles. The van der Waals surface area contributed by atoms with Crippen molar-refractivity contribution in [3.05, 3.63) is 65.2 Å². The maximum absolute atomic E-state index is 12.8. The van der Waals surface area contributed by atoms with E-state index in [0.29, 0.717) is 0 Å². The minimum atomic E-state index is -4.79. The summed E-state index contributed by atoms with van der Waals surface area (Å²) >= 11 is 0. The van der Waals surface area contributed by atoms with E-state index in [0.717, 1.165) is 24.8 Å². The molecule has 3 nitrogen and oxygen atoms in total. The van der Waals surface area contributed by atoms with Crippen LogP contribution in [-0.4, -0.2) is 17.2 Å². The second-order valence-corrected chi connectivity index (χ2v) is 6.57. The van der Waals surface area contributed by atoms with Crippen molar-refractivity contribution in [2.24, 2.45) is 0 Å². The molecule has 0 aromatic heterocycles. The Labute approximate surface area is 149 Å². The molecule has 1 aliphatic rings. The van der Waals surface area contributed by atoms with E-state index in [1.165, 1.54) is 29.8 Å². The van der Waals surface area contributed by atoms with E-state index >= 15 is 0 Å². The Bertz CT molecular complexity index is 789. The molecule has 0 spiro atoms. The van der Waals surface area contributed by atoms with Crippen LogP contribution in [0.1, 0.15) is 48.0 Å². The van der Waals surface area contributed by atoms with E-state index in [9.17, 15) is 23.1 Å². The van der Waals surface area contributed by atoms with Crippen molar-refractivity contribution in [3.8, 4) is 0 Å². The Morgan fingerprint density at radius 3 is 2.62 bits per heavy atom. The van der Waals surface area contributed by atoms with Gasteiger partial charge in [0.2, 0.25) is 5.91 Å². The van der Waals surface area contributed by atoms with E-state index < -0.39 is 12.3 Å². The van der Waals surface area contributed by atoms with Gasteiger partial charge in [-0.2, -0.15) is 13.2 Å². The van der Waals surface area contributed by atoms with Crippen LogP contribution in [-0.2, 0) is 11.2 Å². The van der Waals surface area contributed by atoms with Crippen molar-refractivity contribution in [3.63, 3.8) is 0 Å².